The molecule has 1 aliphatic heterocycles. The minimum absolute atomic E-state index is 0.331. The van der Waals surface area contributed by atoms with Crippen molar-refractivity contribution in [2.45, 2.75) is 25.5 Å². The van der Waals surface area contributed by atoms with Crippen LogP contribution in [0, 0.1) is 0 Å². The maximum Gasteiger partial charge on any atom is 0.128 e. The lowest BCUT2D eigenvalue weighted by Gasteiger charge is -2.32. The van der Waals surface area contributed by atoms with E-state index in [4.69, 9.17) is 10.5 Å². The molecule has 1 aromatic heterocycles. The van der Waals surface area contributed by atoms with Crippen LogP contribution in [-0.4, -0.2) is 31.3 Å². The molecule has 1 atom stereocenters. The Bertz CT molecular complexity index is 343. The molecule has 16 heavy (non-hydrogen) atoms. The van der Waals surface area contributed by atoms with E-state index in [1.54, 1.807) is 7.11 Å². The Labute approximate surface area is 96.4 Å². The zero-order chi connectivity index (χ0) is 11.4. The fraction of sp³-hybridized carbons (Fsp3) is 0.583. The summed E-state index contributed by atoms with van der Waals surface area (Å²) in [6.45, 7) is 2.48. The molecule has 1 saturated heterocycles. The summed E-state index contributed by atoms with van der Waals surface area (Å²) in [6, 6.07) is 6.01. The first kappa shape index (κ1) is 11.4. The molecular formula is C12H19N3O. The number of nitrogens with two attached hydrogens (primary N) is 1. The lowest BCUT2D eigenvalue weighted by Crippen LogP contribution is -2.39. The highest BCUT2D eigenvalue weighted by Gasteiger charge is 2.20. The van der Waals surface area contributed by atoms with Crippen LogP contribution in [0.3, 0.4) is 0 Å². The molecule has 2 heterocycles. The Morgan fingerprint density at radius 1 is 1.56 bits per heavy atom. The van der Waals surface area contributed by atoms with Crippen LogP contribution in [0.2, 0.25) is 0 Å². The van der Waals surface area contributed by atoms with Gasteiger partial charge in [-0.25, -0.2) is 4.98 Å². The molecule has 0 aromatic carbocycles. The van der Waals surface area contributed by atoms with Gasteiger partial charge >= 0.3 is 0 Å². The van der Waals surface area contributed by atoms with E-state index in [0.29, 0.717) is 12.6 Å². The van der Waals surface area contributed by atoms with Gasteiger partial charge in [0.25, 0.3) is 0 Å². The second-order valence-electron chi connectivity index (χ2n) is 4.14. The Hall–Kier alpha value is -1.13. The highest BCUT2D eigenvalue weighted by Crippen LogP contribution is 2.19. The van der Waals surface area contributed by atoms with Crippen molar-refractivity contribution in [3.05, 3.63) is 23.9 Å². The van der Waals surface area contributed by atoms with Gasteiger partial charge in [0, 0.05) is 26.7 Å². The largest absolute Gasteiger partial charge is 0.380 e. The van der Waals surface area contributed by atoms with E-state index in [1.165, 1.54) is 0 Å². The first-order valence-corrected chi connectivity index (χ1v) is 5.77. The first-order valence-electron chi connectivity index (χ1n) is 5.77. The number of hydrogen-bond acceptors (Lipinski definition) is 4. The van der Waals surface area contributed by atoms with Gasteiger partial charge in [-0.1, -0.05) is 6.07 Å². The maximum absolute atomic E-state index is 5.60. The van der Waals surface area contributed by atoms with Gasteiger partial charge in [-0.3, -0.25) is 0 Å². The number of anilines is 1. The van der Waals surface area contributed by atoms with Crippen LogP contribution in [0.5, 0.6) is 0 Å². The minimum Gasteiger partial charge on any atom is -0.380 e. The highest BCUT2D eigenvalue weighted by molar-refractivity contribution is 5.40. The smallest absolute Gasteiger partial charge is 0.128 e. The number of methoxy groups -OCH3 is 1. The summed E-state index contributed by atoms with van der Waals surface area (Å²) in [7, 11) is 1.78. The van der Waals surface area contributed by atoms with Crippen LogP contribution in [0.4, 0.5) is 5.82 Å². The predicted octanol–water partition coefficient (Wildman–Crippen LogP) is 1.16. The number of aromatic nitrogens is 1. The van der Waals surface area contributed by atoms with Crippen molar-refractivity contribution in [1.29, 1.82) is 0 Å². The normalized spacial score (nSPS) is 21.1. The van der Waals surface area contributed by atoms with E-state index in [-0.39, 0.29) is 0 Å². The van der Waals surface area contributed by atoms with Crippen molar-refractivity contribution >= 4 is 5.82 Å². The topological polar surface area (TPSA) is 51.4 Å². The summed E-state index contributed by atoms with van der Waals surface area (Å²) in [6.07, 6.45) is 2.63. The van der Waals surface area contributed by atoms with E-state index >= 15 is 0 Å². The fourth-order valence-corrected chi connectivity index (χ4v) is 2.10. The van der Waals surface area contributed by atoms with Gasteiger partial charge in [0.05, 0.1) is 11.8 Å². The monoisotopic (exact) mass is 221 g/mol. The average molecular weight is 221 g/mol. The molecule has 1 fully saturated rings. The van der Waals surface area contributed by atoms with Gasteiger partial charge in [0.15, 0.2) is 0 Å². The molecule has 4 nitrogen and oxygen atoms in total. The molecule has 1 unspecified atom stereocenters. The van der Waals surface area contributed by atoms with Gasteiger partial charge in [0.1, 0.15) is 5.82 Å². The van der Waals surface area contributed by atoms with Crippen LogP contribution in [0.25, 0.3) is 0 Å². The number of pyridine rings is 1. The van der Waals surface area contributed by atoms with E-state index < -0.39 is 0 Å². The van der Waals surface area contributed by atoms with Gasteiger partial charge in [-0.05, 0) is 25.0 Å². The van der Waals surface area contributed by atoms with E-state index in [0.717, 1.165) is 37.4 Å². The van der Waals surface area contributed by atoms with Gasteiger partial charge in [0.2, 0.25) is 0 Å². The first-order chi connectivity index (χ1) is 7.83. The van der Waals surface area contributed by atoms with Gasteiger partial charge in [-0.2, -0.15) is 0 Å². The molecule has 88 valence electrons. The Morgan fingerprint density at radius 2 is 2.44 bits per heavy atom. The molecule has 0 amide bonds. The molecule has 0 radical (unpaired) electrons. The third kappa shape index (κ3) is 2.51. The number of piperidine rings is 1. The van der Waals surface area contributed by atoms with Crippen LogP contribution in [0.1, 0.15) is 18.5 Å². The SMILES string of the molecule is COC1CCCN(c2cccc(CN)n2)C1. The lowest BCUT2D eigenvalue weighted by molar-refractivity contribution is 0.0891. The Morgan fingerprint density at radius 3 is 3.19 bits per heavy atom. The standard InChI is InChI=1S/C12H19N3O/c1-16-11-5-3-7-15(9-11)12-6-2-4-10(8-13)14-12/h2,4,6,11H,3,5,7-9,13H2,1H3. The Kier molecular flexibility index (Phi) is 3.74. The van der Waals surface area contributed by atoms with E-state index in [2.05, 4.69) is 9.88 Å². The van der Waals surface area contributed by atoms with E-state index in [1.807, 2.05) is 18.2 Å². The van der Waals surface area contributed by atoms with E-state index in [9.17, 15) is 0 Å². The molecule has 2 rings (SSSR count). The molecule has 1 aromatic rings. The minimum atomic E-state index is 0.331. The second kappa shape index (κ2) is 5.27. The lowest BCUT2D eigenvalue weighted by atomic mass is 10.1. The molecule has 0 aliphatic carbocycles. The Balaban J connectivity index is 2.10. The predicted molar refractivity (Wildman–Crippen MR) is 64.4 cm³/mol. The maximum atomic E-state index is 5.60. The van der Waals surface area contributed by atoms with Crippen molar-refractivity contribution in [1.82, 2.24) is 4.98 Å². The highest BCUT2D eigenvalue weighted by atomic mass is 16.5. The van der Waals surface area contributed by atoms with Crippen LogP contribution >= 0.6 is 0 Å². The summed E-state index contributed by atoms with van der Waals surface area (Å²) in [5.74, 6) is 1.02. The average Bonchev–Trinajstić information content (AvgIpc) is 2.39. The quantitative estimate of drug-likeness (QED) is 0.832. The van der Waals surface area contributed by atoms with Gasteiger partial charge < -0.3 is 15.4 Å². The summed E-state index contributed by atoms with van der Waals surface area (Å²) < 4.78 is 5.41. The van der Waals surface area contributed by atoms with Crippen LogP contribution in [0.15, 0.2) is 18.2 Å². The molecular weight excluding hydrogens is 202 g/mol. The zero-order valence-electron chi connectivity index (χ0n) is 9.72. The molecule has 1 aliphatic rings. The number of rotatable bonds is 3. The number of ether oxygens (including phenoxy) is 1. The third-order valence-corrected chi connectivity index (χ3v) is 3.04. The fourth-order valence-electron chi connectivity index (χ4n) is 2.10. The van der Waals surface area contributed by atoms with Crippen LogP contribution < -0.4 is 10.6 Å². The summed E-state index contributed by atoms with van der Waals surface area (Å²) >= 11 is 0. The molecule has 0 saturated carbocycles. The second-order valence-corrected chi connectivity index (χ2v) is 4.14. The molecule has 4 heteroatoms. The molecule has 0 bridgehead atoms. The van der Waals surface area contributed by atoms with Crippen molar-refractivity contribution in [2.24, 2.45) is 5.73 Å². The van der Waals surface area contributed by atoms with Crippen molar-refractivity contribution in [2.75, 3.05) is 25.1 Å². The summed E-state index contributed by atoms with van der Waals surface area (Å²) in [5, 5.41) is 0. The third-order valence-electron chi connectivity index (χ3n) is 3.04. The zero-order valence-corrected chi connectivity index (χ0v) is 9.72. The number of hydrogen-bond donors (Lipinski definition) is 1. The van der Waals surface area contributed by atoms with Crippen molar-refractivity contribution < 1.29 is 4.74 Å². The van der Waals surface area contributed by atoms with Crippen LogP contribution in [-0.2, 0) is 11.3 Å². The molecule has 0 spiro atoms. The summed E-state index contributed by atoms with van der Waals surface area (Å²) in [5.41, 5.74) is 6.54. The van der Waals surface area contributed by atoms with Crippen molar-refractivity contribution in [3.63, 3.8) is 0 Å². The van der Waals surface area contributed by atoms with Gasteiger partial charge in [-0.15, -0.1) is 0 Å². The molecule has 2 N–H and O–H groups in total. The number of nitrogens with zero attached hydrogens (tertiary/aromatic N) is 2. The van der Waals surface area contributed by atoms with Crippen molar-refractivity contribution in [3.8, 4) is 0 Å². The summed E-state index contributed by atoms with van der Waals surface area (Å²) in [4.78, 5) is 6.80.